The quantitative estimate of drug-likeness (QED) is 0.338. The second-order valence-electron chi connectivity index (χ2n) is 15.3. The topological polar surface area (TPSA) is 46.5 Å². The van der Waals surface area contributed by atoms with Crippen molar-refractivity contribution >= 4 is 5.97 Å². The first kappa shape index (κ1) is 29.2. The van der Waals surface area contributed by atoms with Gasteiger partial charge in [0.1, 0.15) is 0 Å². The Morgan fingerprint density at radius 1 is 0.897 bits per heavy atom. The molecule has 0 saturated heterocycles. The van der Waals surface area contributed by atoms with Crippen molar-refractivity contribution in [1.29, 1.82) is 0 Å². The van der Waals surface area contributed by atoms with Crippen molar-refractivity contribution in [3.05, 3.63) is 35.4 Å². The van der Waals surface area contributed by atoms with Gasteiger partial charge in [-0.3, -0.25) is 0 Å². The summed E-state index contributed by atoms with van der Waals surface area (Å²) in [4.78, 5) is 11.9. The fourth-order valence-electron chi connectivity index (χ4n) is 11.0. The van der Waals surface area contributed by atoms with Crippen molar-refractivity contribution in [1.82, 2.24) is 0 Å². The van der Waals surface area contributed by atoms with Gasteiger partial charge in [-0.1, -0.05) is 66.0 Å². The van der Waals surface area contributed by atoms with Crippen LogP contribution in [0, 0.1) is 58.2 Å². The van der Waals surface area contributed by atoms with Crippen molar-refractivity contribution in [2.24, 2.45) is 58.2 Å². The summed E-state index contributed by atoms with van der Waals surface area (Å²) in [5.74, 6) is 5.84. The molecule has 4 aliphatic rings. The van der Waals surface area contributed by atoms with Crippen molar-refractivity contribution in [2.75, 3.05) is 7.11 Å². The van der Waals surface area contributed by atoms with E-state index in [2.05, 4.69) is 46.8 Å². The van der Waals surface area contributed by atoms with E-state index in [0.717, 1.165) is 48.3 Å². The summed E-state index contributed by atoms with van der Waals surface area (Å²) in [5.41, 5.74) is 2.72. The number of hydrogen-bond acceptors (Lipinski definition) is 3. The Morgan fingerprint density at radius 2 is 1.56 bits per heavy atom. The van der Waals surface area contributed by atoms with Crippen LogP contribution in [0.15, 0.2) is 24.3 Å². The van der Waals surface area contributed by atoms with Crippen LogP contribution >= 0.6 is 0 Å². The minimum absolute atomic E-state index is 0.212. The third-order valence-corrected chi connectivity index (χ3v) is 13.0. The van der Waals surface area contributed by atoms with Gasteiger partial charge in [0.05, 0.1) is 18.8 Å². The molecule has 0 bridgehead atoms. The molecule has 4 fully saturated rings. The highest BCUT2D eigenvalue weighted by Gasteiger charge is 2.61. The number of methoxy groups -OCH3 is 1. The molecule has 3 nitrogen and oxygen atoms in total. The van der Waals surface area contributed by atoms with Gasteiger partial charge in [-0.15, -0.1) is 0 Å². The van der Waals surface area contributed by atoms with Gasteiger partial charge in [0, 0.05) is 0 Å². The number of aliphatic hydroxyl groups is 1. The fraction of sp³-hybridized carbons (Fsp3) is 0.806. The molecule has 1 aromatic rings. The van der Waals surface area contributed by atoms with Gasteiger partial charge in [0.15, 0.2) is 0 Å². The highest BCUT2D eigenvalue weighted by Crippen LogP contribution is 2.69. The third kappa shape index (κ3) is 5.35. The Morgan fingerprint density at radius 3 is 2.26 bits per heavy atom. The van der Waals surface area contributed by atoms with Gasteiger partial charge in [-0.25, -0.2) is 4.79 Å². The Hall–Kier alpha value is -1.35. The van der Waals surface area contributed by atoms with E-state index in [1.54, 1.807) is 0 Å². The molecule has 5 rings (SSSR count). The molecule has 0 heterocycles. The lowest BCUT2D eigenvalue weighted by atomic mass is 9.42. The molecule has 0 aliphatic heterocycles. The molecule has 218 valence electrons. The molecule has 1 aromatic carbocycles. The van der Waals surface area contributed by atoms with Crippen molar-refractivity contribution < 1.29 is 14.6 Å². The molecule has 10 atom stereocenters. The number of ether oxygens (including phenoxy) is 1. The van der Waals surface area contributed by atoms with Crippen LogP contribution in [-0.2, 0) is 11.2 Å². The third-order valence-electron chi connectivity index (χ3n) is 13.0. The van der Waals surface area contributed by atoms with Crippen LogP contribution in [0.2, 0.25) is 0 Å². The molecule has 0 amide bonds. The van der Waals surface area contributed by atoms with Crippen LogP contribution in [0.25, 0.3) is 0 Å². The van der Waals surface area contributed by atoms with E-state index in [-0.39, 0.29) is 12.1 Å². The maximum absolute atomic E-state index is 11.9. The van der Waals surface area contributed by atoms with Crippen molar-refractivity contribution in [3.8, 4) is 0 Å². The summed E-state index contributed by atoms with van der Waals surface area (Å²) in [6.45, 7) is 12.6. The number of carbonyl (C=O) groups is 1. The lowest BCUT2D eigenvalue weighted by molar-refractivity contribution is -0.152. The SMILES string of the molecule is COC(=O)c1ccc(C[C@@H]2[C@H](O)CC[C@@]3(C)[C@H]2CC[C@@H]2[C@@H]3CC[C@]3(C)[C@@H]([C@H](C)CCCC(C)C)CC[C@@H]23)cc1. The first-order chi connectivity index (χ1) is 18.6. The van der Waals surface area contributed by atoms with Crippen molar-refractivity contribution in [3.63, 3.8) is 0 Å². The zero-order valence-electron chi connectivity index (χ0n) is 25.8. The Bertz CT molecular complexity index is 984. The monoisotopic (exact) mass is 536 g/mol. The van der Waals surface area contributed by atoms with Crippen LogP contribution in [-0.4, -0.2) is 24.3 Å². The summed E-state index contributed by atoms with van der Waals surface area (Å²) >= 11 is 0. The number of aliphatic hydroxyl groups excluding tert-OH is 1. The van der Waals surface area contributed by atoms with E-state index < -0.39 is 0 Å². The molecule has 4 aliphatic carbocycles. The summed E-state index contributed by atoms with van der Waals surface area (Å²) in [5, 5.41) is 11.3. The highest BCUT2D eigenvalue weighted by atomic mass is 16.5. The Balaban J connectivity index is 1.29. The summed E-state index contributed by atoms with van der Waals surface area (Å²) in [7, 11) is 1.43. The van der Waals surface area contributed by atoms with Crippen molar-refractivity contribution in [2.45, 2.75) is 118 Å². The highest BCUT2D eigenvalue weighted by molar-refractivity contribution is 5.89. The van der Waals surface area contributed by atoms with Gasteiger partial charge in [-0.05, 0) is 134 Å². The maximum atomic E-state index is 11.9. The number of hydrogen-bond donors (Lipinski definition) is 1. The first-order valence-corrected chi connectivity index (χ1v) is 16.4. The standard InChI is InChI=1S/C36H56O3/c1-23(2)8-7-9-24(3)29-16-17-30-27-14-15-31-28(22-25-10-12-26(13-11-25)34(38)39-6)33(37)19-21-36(31,5)32(27)18-20-35(29,30)4/h10-13,23-24,27-33,37H,7-9,14-22H2,1-6H3/t24-,27+,28+,29-,30+,31+,32+,33-,35-,36+/m1/s1. The van der Waals surface area contributed by atoms with Crippen LogP contribution in [0.4, 0.5) is 0 Å². The molecule has 39 heavy (non-hydrogen) atoms. The lowest BCUT2D eigenvalue weighted by Gasteiger charge is -2.63. The maximum Gasteiger partial charge on any atom is 0.337 e. The largest absolute Gasteiger partial charge is 0.465 e. The number of fused-ring (bicyclic) bond motifs is 5. The molecule has 0 unspecified atom stereocenters. The molecule has 1 N–H and O–H groups in total. The normalized spacial score (nSPS) is 40.5. The van der Waals surface area contributed by atoms with Gasteiger partial charge < -0.3 is 9.84 Å². The van der Waals surface area contributed by atoms with E-state index >= 15 is 0 Å². The van der Waals surface area contributed by atoms with E-state index in [1.807, 2.05) is 12.1 Å². The van der Waals surface area contributed by atoms with Gasteiger partial charge >= 0.3 is 5.97 Å². The number of esters is 1. The predicted octanol–water partition coefficient (Wildman–Crippen LogP) is 8.72. The molecule has 3 heteroatoms. The zero-order valence-corrected chi connectivity index (χ0v) is 25.8. The minimum atomic E-state index is -0.284. The average Bonchev–Trinajstić information content (AvgIpc) is 3.27. The molecule has 0 spiro atoms. The molecular weight excluding hydrogens is 480 g/mol. The molecule has 4 saturated carbocycles. The van der Waals surface area contributed by atoms with Crippen LogP contribution in [0.3, 0.4) is 0 Å². The number of benzene rings is 1. The van der Waals surface area contributed by atoms with E-state index in [4.69, 9.17) is 4.74 Å². The average molecular weight is 537 g/mol. The predicted molar refractivity (Wildman–Crippen MR) is 159 cm³/mol. The van der Waals surface area contributed by atoms with Gasteiger partial charge in [0.2, 0.25) is 0 Å². The van der Waals surface area contributed by atoms with Crippen LogP contribution in [0.1, 0.15) is 121 Å². The summed E-state index contributed by atoms with van der Waals surface area (Å²) in [6.07, 6.45) is 15.4. The lowest BCUT2D eigenvalue weighted by Crippen LogP contribution is -2.57. The second-order valence-corrected chi connectivity index (χ2v) is 15.3. The molecule has 0 radical (unpaired) electrons. The molecule has 0 aromatic heterocycles. The van der Waals surface area contributed by atoms with E-state index in [0.29, 0.717) is 28.2 Å². The van der Waals surface area contributed by atoms with E-state index in [1.165, 1.54) is 76.9 Å². The number of rotatable bonds is 8. The van der Waals surface area contributed by atoms with Crippen LogP contribution in [0.5, 0.6) is 0 Å². The molecular formula is C36H56O3. The second kappa shape index (κ2) is 11.5. The Labute approximate surface area is 238 Å². The first-order valence-electron chi connectivity index (χ1n) is 16.4. The van der Waals surface area contributed by atoms with Gasteiger partial charge in [0.25, 0.3) is 0 Å². The smallest absolute Gasteiger partial charge is 0.337 e. The van der Waals surface area contributed by atoms with E-state index in [9.17, 15) is 9.90 Å². The minimum Gasteiger partial charge on any atom is -0.465 e. The number of carbonyl (C=O) groups excluding carboxylic acids is 1. The summed E-state index contributed by atoms with van der Waals surface area (Å²) in [6, 6.07) is 7.91. The Kier molecular flexibility index (Phi) is 8.59. The van der Waals surface area contributed by atoms with Gasteiger partial charge in [-0.2, -0.15) is 0 Å². The fourth-order valence-corrected chi connectivity index (χ4v) is 11.0. The summed E-state index contributed by atoms with van der Waals surface area (Å²) < 4.78 is 4.88. The van der Waals surface area contributed by atoms with Crippen LogP contribution < -0.4 is 0 Å². The zero-order chi connectivity index (χ0) is 27.9.